The monoisotopic (exact) mass is 276 g/mol. The van der Waals surface area contributed by atoms with E-state index in [0.29, 0.717) is 12.6 Å². The zero-order valence-corrected chi connectivity index (χ0v) is 11.7. The number of nitrogens with zero attached hydrogens (tertiary/aromatic N) is 3. The molecule has 0 unspecified atom stereocenters. The molecular formula is C14H17ClN4. The number of aryl methyl sites for hydroxylation is 1. The lowest BCUT2D eigenvalue weighted by atomic mass is 10.1. The first-order valence-corrected chi connectivity index (χ1v) is 6.96. The maximum atomic E-state index is 6.22. The van der Waals surface area contributed by atoms with Crippen LogP contribution >= 0.6 is 11.6 Å². The van der Waals surface area contributed by atoms with Gasteiger partial charge < -0.3 is 5.32 Å². The summed E-state index contributed by atoms with van der Waals surface area (Å²) in [7, 11) is 0. The highest BCUT2D eigenvalue weighted by Gasteiger charge is 2.20. The smallest absolute Gasteiger partial charge is 0.0965 e. The summed E-state index contributed by atoms with van der Waals surface area (Å²) < 4.78 is 1.83. The molecule has 0 amide bonds. The van der Waals surface area contributed by atoms with Gasteiger partial charge in [0.2, 0.25) is 0 Å². The van der Waals surface area contributed by atoms with Crippen molar-refractivity contribution in [1.82, 2.24) is 20.3 Å². The third-order valence-electron chi connectivity index (χ3n) is 3.28. The van der Waals surface area contributed by atoms with Gasteiger partial charge in [-0.25, -0.2) is 4.68 Å². The second-order valence-electron chi connectivity index (χ2n) is 5.16. The summed E-state index contributed by atoms with van der Waals surface area (Å²) in [5.74, 6) is 0. The largest absolute Gasteiger partial charge is 0.308 e. The highest BCUT2D eigenvalue weighted by Crippen LogP contribution is 2.20. The molecule has 1 N–H and O–H groups in total. The first kappa shape index (κ1) is 12.6. The SMILES string of the molecule is Cc1ccc(Cn2cc(CNC3CC3)nn2)c(Cl)c1. The van der Waals surface area contributed by atoms with Crippen LogP contribution in [0.2, 0.25) is 5.02 Å². The van der Waals surface area contributed by atoms with E-state index < -0.39 is 0 Å². The van der Waals surface area contributed by atoms with Crippen molar-refractivity contribution in [2.45, 2.75) is 38.9 Å². The summed E-state index contributed by atoms with van der Waals surface area (Å²) >= 11 is 6.22. The van der Waals surface area contributed by atoms with Crippen LogP contribution in [-0.2, 0) is 13.1 Å². The van der Waals surface area contributed by atoms with E-state index in [2.05, 4.69) is 21.7 Å². The van der Waals surface area contributed by atoms with E-state index in [1.54, 1.807) is 0 Å². The van der Waals surface area contributed by atoms with Crippen LogP contribution < -0.4 is 5.32 Å². The average molecular weight is 277 g/mol. The van der Waals surface area contributed by atoms with Crippen molar-refractivity contribution in [1.29, 1.82) is 0 Å². The summed E-state index contributed by atoms with van der Waals surface area (Å²) in [5.41, 5.74) is 3.22. The second-order valence-corrected chi connectivity index (χ2v) is 5.56. The average Bonchev–Trinajstić information content (AvgIpc) is 3.10. The Kier molecular flexibility index (Phi) is 3.53. The fourth-order valence-corrected chi connectivity index (χ4v) is 2.28. The summed E-state index contributed by atoms with van der Waals surface area (Å²) in [6.07, 6.45) is 4.55. The van der Waals surface area contributed by atoms with Gasteiger partial charge in [-0.15, -0.1) is 5.10 Å². The molecule has 0 bridgehead atoms. The molecule has 0 atom stereocenters. The Balaban J connectivity index is 1.65. The molecule has 1 saturated carbocycles. The van der Waals surface area contributed by atoms with Crippen LogP contribution in [-0.4, -0.2) is 21.0 Å². The molecule has 0 aliphatic heterocycles. The minimum atomic E-state index is 0.662. The molecular weight excluding hydrogens is 260 g/mol. The zero-order valence-electron chi connectivity index (χ0n) is 10.9. The Morgan fingerprint density at radius 3 is 3.00 bits per heavy atom. The topological polar surface area (TPSA) is 42.7 Å². The predicted octanol–water partition coefficient (Wildman–Crippen LogP) is 2.54. The fraction of sp³-hybridized carbons (Fsp3) is 0.429. The van der Waals surface area contributed by atoms with E-state index in [-0.39, 0.29) is 0 Å². The Hall–Kier alpha value is -1.39. The Morgan fingerprint density at radius 1 is 1.42 bits per heavy atom. The van der Waals surface area contributed by atoms with E-state index in [4.69, 9.17) is 11.6 Å². The van der Waals surface area contributed by atoms with Gasteiger partial charge >= 0.3 is 0 Å². The first-order chi connectivity index (χ1) is 9.20. The van der Waals surface area contributed by atoms with Crippen LogP contribution in [0.15, 0.2) is 24.4 Å². The van der Waals surface area contributed by atoms with Crippen molar-refractivity contribution in [3.05, 3.63) is 46.2 Å². The number of benzene rings is 1. The molecule has 4 nitrogen and oxygen atoms in total. The lowest BCUT2D eigenvalue weighted by Gasteiger charge is -2.04. The highest BCUT2D eigenvalue weighted by molar-refractivity contribution is 6.31. The van der Waals surface area contributed by atoms with Gasteiger partial charge in [0.05, 0.1) is 18.4 Å². The van der Waals surface area contributed by atoms with Gasteiger partial charge in [-0.1, -0.05) is 28.9 Å². The third kappa shape index (κ3) is 3.33. The number of nitrogens with one attached hydrogen (secondary N) is 1. The summed E-state index contributed by atoms with van der Waals surface area (Å²) in [6, 6.07) is 6.77. The van der Waals surface area contributed by atoms with Gasteiger partial charge in [0, 0.05) is 17.6 Å². The van der Waals surface area contributed by atoms with E-state index >= 15 is 0 Å². The molecule has 0 saturated heterocycles. The van der Waals surface area contributed by atoms with Crippen molar-refractivity contribution in [2.24, 2.45) is 0 Å². The quantitative estimate of drug-likeness (QED) is 0.913. The van der Waals surface area contributed by atoms with Crippen LogP contribution in [0.4, 0.5) is 0 Å². The maximum Gasteiger partial charge on any atom is 0.0965 e. The molecule has 1 heterocycles. The highest BCUT2D eigenvalue weighted by atomic mass is 35.5. The standard InChI is InChI=1S/C14H17ClN4/c1-10-2-3-11(14(15)6-10)8-19-9-13(17-18-19)7-16-12-4-5-12/h2-3,6,9,12,16H,4-5,7-8H2,1H3. The van der Waals surface area contributed by atoms with E-state index in [0.717, 1.165) is 22.8 Å². The minimum absolute atomic E-state index is 0.662. The molecule has 0 spiro atoms. The molecule has 1 fully saturated rings. The zero-order chi connectivity index (χ0) is 13.2. The van der Waals surface area contributed by atoms with Crippen LogP contribution in [0.25, 0.3) is 0 Å². The molecule has 1 aromatic heterocycles. The first-order valence-electron chi connectivity index (χ1n) is 6.58. The molecule has 2 aromatic rings. The van der Waals surface area contributed by atoms with Crippen molar-refractivity contribution in [3.8, 4) is 0 Å². The summed E-state index contributed by atoms with van der Waals surface area (Å²) in [6.45, 7) is 3.49. The molecule has 100 valence electrons. The molecule has 1 aliphatic rings. The Bertz CT molecular complexity index is 575. The summed E-state index contributed by atoms with van der Waals surface area (Å²) in [5, 5.41) is 12.5. The number of aromatic nitrogens is 3. The molecule has 5 heteroatoms. The Labute approximate surface area is 117 Å². The molecule has 1 aliphatic carbocycles. The van der Waals surface area contributed by atoms with E-state index in [9.17, 15) is 0 Å². The molecule has 0 radical (unpaired) electrons. The van der Waals surface area contributed by atoms with Crippen LogP contribution in [0.3, 0.4) is 0 Å². The normalized spacial score (nSPS) is 14.8. The van der Waals surface area contributed by atoms with E-state index in [1.165, 1.54) is 18.4 Å². The maximum absolute atomic E-state index is 6.22. The minimum Gasteiger partial charge on any atom is -0.308 e. The van der Waals surface area contributed by atoms with Gasteiger partial charge in [-0.05, 0) is 37.0 Å². The third-order valence-corrected chi connectivity index (χ3v) is 3.63. The van der Waals surface area contributed by atoms with Gasteiger partial charge in [-0.3, -0.25) is 0 Å². The number of hydrogen-bond donors (Lipinski definition) is 1. The van der Waals surface area contributed by atoms with Crippen molar-refractivity contribution in [2.75, 3.05) is 0 Å². The predicted molar refractivity (Wildman–Crippen MR) is 75.2 cm³/mol. The number of halogens is 1. The van der Waals surface area contributed by atoms with Crippen molar-refractivity contribution < 1.29 is 0 Å². The Morgan fingerprint density at radius 2 is 2.26 bits per heavy atom. The van der Waals surface area contributed by atoms with Crippen LogP contribution in [0, 0.1) is 6.92 Å². The van der Waals surface area contributed by atoms with Crippen LogP contribution in [0.1, 0.15) is 29.7 Å². The molecule has 3 rings (SSSR count). The van der Waals surface area contributed by atoms with Gasteiger partial charge in [0.1, 0.15) is 0 Å². The van der Waals surface area contributed by atoms with Gasteiger partial charge in [0.25, 0.3) is 0 Å². The van der Waals surface area contributed by atoms with Gasteiger partial charge in [0.15, 0.2) is 0 Å². The van der Waals surface area contributed by atoms with Crippen molar-refractivity contribution in [3.63, 3.8) is 0 Å². The second kappa shape index (κ2) is 5.31. The lowest BCUT2D eigenvalue weighted by molar-refractivity contribution is 0.646. The molecule has 19 heavy (non-hydrogen) atoms. The van der Waals surface area contributed by atoms with Gasteiger partial charge in [-0.2, -0.15) is 0 Å². The van der Waals surface area contributed by atoms with E-state index in [1.807, 2.05) is 29.9 Å². The molecule has 1 aromatic carbocycles. The number of hydrogen-bond acceptors (Lipinski definition) is 3. The lowest BCUT2D eigenvalue weighted by Crippen LogP contribution is -2.15. The van der Waals surface area contributed by atoms with Crippen molar-refractivity contribution >= 4 is 11.6 Å². The van der Waals surface area contributed by atoms with Crippen LogP contribution in [0.5, 0.6) is 0 Å². The fourth-order valence-electron chi connectivity index (χ4n) is 1.99. The number of rotatable bonds is 5. The summed E-state index contributed by atoms with van der Waals surface area (Å²) in [4.78, 5) is 0.